The summed E-state index contributed by atoms with van der Waals surface area (Å²) in [5.41, 5.74) is 3.20. The Balaban J connectivity index is 0.00000320. The Morgan fingerprint density at radius 3 is 2.37 bits per heavy atom. The van der Waals surface area contributed by atoms with Gasteiger partial charge in [-0.15, -0.1) is 12.4 Å². The lowest BCUT2D eigenvalue weighted by atomic mass is 9.76. The molecular formula is C20H23Cl3N2O4S. The summed E-state index contributed by atoms with van der Waals surface area (Å²) < 4.78 is 31.0. The molecule has 3 rings (SSSR count). The van der Waals surface area contributed by atoms with E-state index in [4.69, 9.17) is 27.9 Å². The second-order valence-corrected chi connectivity index (χ2v) is 9.60. The number of anilines is 1. The van der Waals surface area contributed by atoms with E-state index in [0.29, 0.717) is 10.0 Å². The first kappa shape index (κ1) is 24.8. The van der Waals surface area contributed by atoms with Gasteiger partial charge in [0.15, 0.2) is 0 Å². The summed E-state index contributed by atoms with van der Waals surface area (Å²) in [6, 6.07) is 8.96. The minimum absolute atomic E-state index is 0. The predicted molar refractivity (Wildman–Crippen MR) is 123 cm³/mol. The number of esters is 1. The number of ether oxygens (including phenoxy) is 1. The minimum atomic E-state index is -3.58. The van der Waals surface area contributed by atoms with Crippen LogP contribution in [0.3, 0.4) is 0 Å². The number of nitrogens with one attached hydrogen (secondary N) is 2. The van der Waals surface area contributed by atoms with Crippen molar-refractivity contribution in [2.24, 2.45) is 0 Å². The molecule has 0 spiro atoms. The van der Waals surface area contributed by atoms with Crippen LogP contribution in [0.15, 0.2) is 30.3 Å². The van der Waals surface area contributed by atoms with Crippen LogP contribution in [0.2, 0.25) is 10.0 Å². The van der Waals surface area contributed by atoms with Gasteiger partial charge in [0, 0.05) is 12.0 Å². The summed E-state index contributed by atoms with van der Waals surface area (Å²) in [6.45, 7) is 0. The molecule has 2 atom stereocenters. The highest BCUT2D eigenvalue weighted by Gasteiger charge is 2.31. The average molecular weight is 494 g/mol. The number of methoxy groups -OCH3 is 1. The van der Waals surface area contributed by atoms with Crippen molar-refractivity contribution in [1.82, 2.24) is 5.32 Å². The molecule has 6 nitrogen and oxygen atoms in total. The molecule has 2 aromatic carbocycles. The van der Waals surface area contributed by atoms with Gasteiger partial charge in [0.2, 0.25) is 10.0 Å². The number of carbonyl (C=O) groups is 1. The first-order chi connectivity index (χ1) is 13.6. The Kier molecular flexibility index (Phi) is 8.04. The SMILES string of the molecule is CNC1CCC(c2ccc(Cl)c(Cl)c2)c2cc(C(=O)OC)c(NS(C)(=O)=O)cc21.Cl. The van der Waals surface area contributed by atoms with Crippen LogP contribution in [0.4, 0.5) is 5.69 Å². The first-order valence-electron chi connectivity index (χ1n) is 9.00. The Labute approximate surface area is 192 Å². The third kappa shape index (κ3) is 5.21. The van der Waals surface area contributed by atoms with Crippen molar-refractivity contribution >= 4 is 57.3 Å². The number of benzene rings is 2. The van der Waals surface area contributed by atoms with Crippen LogP contribution in [0.25, 0.3) is 0 Å². The molecule has 0 radical (unpaired) electrons. The highest BCUT2D eigenvalue weighted by molar-refractivity contribution is 7.92. The molecule has 0 bridgehead atoms. The smallest absolute Gasteiger partial charge is 0.340 e. The van der Waals surface area contributed by atoms with E-state index < -0.39 is 16.0 Å². The molecule has 0 saturated heterocycles. The van der Waals surface area contributed by atoms with Gasteiger partial charge < -0.3 is 10.1 Å². The van der Waals surface area contributed by atoms with Gasteiger partial charge in [0.05, 0.1) is 34.7 Å². The quantitative estimate of drug-likeness (QED) is 0.587. The zero-order valence-electron chi connectivity index (χ0n) is 16.7. The van der Waals surface area contributed by atoms with E-state index in [1.807, 2.05) is 19.2 Å². The zero-order valence-corrected chi connectivity index (χ0v) is 19.8. The van der Waals surface area contributed by atoms with Gasteiger partial charge in [-0.25, -0.2) is 13.2 Å². The van der Waals surface area contributed by atoms with Crippen molar-refractivity contribution in [3.8, 4) is 0 Å². The molecule has 0 fully saturated rings. The van der Waals surface area contributed by atoms with Gasteiger partial charge in [-0.05, 0) is 60.8 Å². The summed E-state index contributed by atoms with van der Waals surface area (Å²) >= 11 is 12.3. The highest BCUT2D eigenvalue weighted by Crippen LogP contribution is 2.44. The number of hydrogen-bond acceptors (Lipinski definition) is 5. The number of fused-ring (bicyclic) bond motifs is 1. The lowest BCUT2D eigenvalue weighted by molar-refractivity contribution is 0.0601. The maximum absolute atomic E-state index is 12.4. The van der Waals surface area contributed by atoms with E-state index in [1.54, 1.807) is 18.2 Å². The molecular weight excluding hydrogens is 471 g/mol. The second-order valence-electron chi connectivity index (χ2n) is 7.04. The number of rotatable bonds is 5. The summed E-state index contributed by atoms with van der Waals surface area (Å²) in [6.07, 6.45) is 2.71. The van der Waals surface area contributed by atoms with Crippen LogP contribution in [-0.4, -0.2) is 34.8 Å². The molecule has 30 heavy (non-hydrogen) atoms. The number of carbonyl (C=O) groups excluding carboxylic acids is 1. The Bertz CT molecular complexity index is 1060. The maximum atomic E-state index is 12.4. The van der Waals surface area contributed by atoms with Gasteiger partial charge in [-0.1, -0.05) is 29.3 Å². The normalized spacial score (nSPS) is 18.2. The monoisotopic (exact) mass is 492 g/mol. The summed E-state index contributed by atoms with van der Waals surface area (Å²) in [5, 5.41) is 4.20. The zero-order chi connectivity index (χ0) is 21.3. The van der Waals surface area contributed by atoms with Crippen LogP contribution in [0.1, 0.15) is 51.8 Å². The fraction of sp³-hybridized carbons (Fsp3) is 0.350. The lowest BCUT2D eigenvalue weighted by Crippen LogP contribution is -2.26. The van der Waals surface area contributed by atoms with Crippen LogP contribution in [0, 0.1) is 0 Å². The fourth-order valence-electron chi connectivity index (χ4n) is 3.82. The standard InChI is InChI=1S/C20H22Cl2N2O4S.ClH/c1-23-18-7-5-12(11-4-6-16(21)17(22)8-11)13-9-15(20(25)28-2)19(10-14(13)18)24-29(3,26)27;/h4,6,8-10,12,18,23-24H,5,7H2,1-3H3;1H. The molecule has 2 N–H and O–H groups in total. The van der Waals surface area contributed by atoms with Crippen LogP contribution >= 0.6 is 35.6 Å². The lowest BCUT2D eigenvalue weighted by Gasteiger charge is -2.33. The molecule has 164 valence electrons. The molecule has 0 aromatic heterocycles. The van der Waals surface area contributed by atoms with Crippen molar-refractivity contribution in [2.45, 2.75) is 24.8 Å². The van der Waals surface area contributed by atoms with Crippen molar-refractivity contribution in [3.63, 3.8) is 0 Å². The van der Waals surface area contributed by atoms with Crippen molar-refractivity contribution in [2.75, 3.05) is 25.1 Å². The van der Waals surface area contributed by atoms with E-state index in [0.717, 1.165) is 35.8 Å². The van der Waals surface area contributed by atoms with E-state index in [1.165, 1.54) is 7.11 Å². The highest BCUT2D eigenvalue weighted by atomic mass is 35.5. The van der Waals surface area contributed by atoms with Crippen molar-refractivity contribution in [1.29, 1.82) is 0 Å². The van der Waals surface area contributed by atoms with Crippen LogP contribution in [0.5, 0.6) is 0 Å². The number of hydrogen-bond donors (Lipinski definition) is 2. The van der Waals surface area contributed by atoms with Gasteiger partial charge in [-0.2, -0.15) is 0 Å². The van der Waals surface area contributed by atoms with Gasteiger partial charge in [0.25, 0.3) is 0 Å². The minimum Gasteiger partial charge on any atom is -0.465 e. The Morgan fingerprint density at radius 1 is 1.10 bits per heavy atom. The largest absolute Gasteiger partial charge is 0.465 e. The van der Waals surface area contributed by atoms with Crippen molar-refractivity contribution < 1.29 is 17.9 Å². The van der Waals surface area contributed by atoms with E-state index in [-0.39, 0.29) is 35.6 Å². The molecule has 1 aliphatic rings. The molecule has 0 amide bonds. The Morgan fingerprint density at radius 2 is 1.80 bits per heavy atom. The van der Waals surface area contributed by atoms with E-state index in [9.17, 15) is 13.2 Å². The van der Waals surface area contributed by atoms with Gasteiger partial charge >= 0.3 is 5.97 Å². The number of sulfonamides is 1. The molecule has 0 heterocycles. The third-order valence-corrected chi connectivity index (χ3v) is 6.44. The number of halogens is 3. The molecule has 0 aliphatic heterocycles. The maximum Gasteiger partial charge on any atom is 0.340 e. The third-order valence-electron chi connectivity index (χ3n) is 5.11. The van der Waals surface area contributed by atoms with Crippen LogP contribution in [-0.2, 0) is 14.8 Å². The first-order valence-corrected chi connectivity index (χ1v) is 11.7. The molecule has 2 unspecified atom stereocenters. The van der Waals surface area contributed by atoms with E-state index in [2.05, 4.69) is 10.0 Å². The van der Waals surface area contributed by atoms with Gasteiger partial charge in [0.1, 0.15) is 0 Å². The molecule has 1 aliphatic carbocycles. The molecule has 10 heteroatoms. The molecule has 2 aromatic rings. The van der Waals surface area contributed by atoms with Crippen molar-refractivity contribution in [3.05, 3.63) is 62.6 Å². The summed E-state index contributed by atoms with van der Waals surface area (Å²) in [7, 11) is -0.463. The predicted octanol–water partition coefficient (Wildman–Crippen LogP) is 4.76. The van der Waals surface area contributed by atoms with Crippen LogP contribution < -0.4 is 10.0 Å². The average Bonchev–Trinajstić information content (AvgIpc) is 2.67. The van der Waals surface area contributed by atoms with Gasteiger partial charge in [-0.3, -0.25) is 4.72 Å². The fourth-order valence-corrected chi connectivity index (χ4v) is 4.69. The second kappa shape index (κ2) is 9.75. The Hall–Kier alpha value is -1.51. The molecule has 0 saturated carbocycles. The summed E-state index contributed by atoms with van der Waals surface area (Å²) in [4.78, 5) is 12.4. The topological polar surface area (TPSA) is 84.5 Å². The summed E-state index contributed by atoms with van der Waals surface area (Å²) in [5.74, 6) is -0.626. The van der Waals surface area contributed by atoms with E-state index >= 15 is 0 Å².